The predicted octanol–water partition coefficient (Wildman–Crippen LogP) is -7.46. The van der Waals surface area contributed by atoms with Crippen molar-refractivity contribution in [3.63, 3.8) is 0 Å². The molecule has 21 nitrogen and oxygen atoms in total. The van der Waals surface area contributed by atoms with Crippen LogP contribution in [0.3, 0.4) is 0 Å². The Morgan fingerprint density at radius 2 is 1.16 bits per heavy atom. The molecule has 256 valence electrons. The van der Waals surface area contributed by atoms with Gasteiger partial charge in [0.05, 0.1) is 19.8 Å². The predicted molar refractivity (Wildman–Crippen MR) is 135 cm³/mol. The van der Waals surface area contributed by atoms with E-state index in [-0.39, 0.29) is 0 Å². The van der Waals surface area contributed by atoms with Gasteiger partial charge in [-0.05, 0) is 0 Å². The van der Waals surface area contributed by atoms with Crippen LogP contribution in [0.4, 0.5) is 0 Å². The third-order valence-corrected chi connectivity index (χ3v) is 7.53. The van der Waals surface area contributed by atoms with Gasteiger partial charge < -0.3 is 75.2 Å². The molecule has 3 rings (SSSR count). The van der Waals surface area contributed by atoms with Crippen molar-refractivity contribution in [2.24, 2.45) is 0 Å². The van der Waals surface area contributed by atoms with E-state index in [9.17, 15) is 58.9 Å². The second kappa shape index (κ2) is 15.3. The largest absolute Gasteiger partial charge is 0.397 e. The Balaban J connectivity index is 1.94. The van der Waals surface area contributed by atoms with Gasteiger partial charge in [0.15, 0.2) is 18.9 Å². The molecule has 2 amide bonds. The van der Waals surface area contributed by atoms with Crippen LogP contribution in [0.25, 0.3) is 0 Å². The minimum Gasteiger partial charge on any atom is -0.394 e. The molecule has 3 heterocycles. The molecule has 3 fully saturated rings. The van der Waals surface area contributed by atoms with Gasteiger partial charge in [-0.1, -0.05) is 0 Å². The zero-order chi connectivity index (χ0) is 33.1. The smallest absolute Gasteiger partial charge is 0.394 e. The first-order valence-electron chi connectivity index (χ1n) is 13.2. The highest BCUT2D eigenvalue weighted by Crippen LogP contribution is 2.32. The highest BCUT2D eigenvalue weighted by Gasteiger charge is 2.54. The van der Waals surface area contributed by atoms with Crippen LogP contribution in [-0.4, -0.2) is 177 Å². The van der Waals surface area contributed by atoms with Gasteiger partial charge in [0, 0.05) is 13.8 Å². The van der Waals surface area contributed by atoms with Crippen molar-refractivity contribution in [3.8, 4) is 0 Å². The number of carbonyl (C=O) groups is 2. The number of ether oxygens (including phenoxy) is 5. The van der Waals surface area contributed by atoms with Crippen molar-refractivity contribution in [1.82, 2.24) is 10.6 Å². The Kier molecular flexibility index (Phi) is 12.7. The Labute approximate surface area is 250 Å². The maximum Gasteiger partial charge on any atom is 0.397 e. The molecule has 0 saturated carbocycles. The maximum absolute atomic E-state index is 12.2. The van der Waals surface area contributed by atoms with E-state index in [4.69, 9.17) is 28.2 Å². The van der Waals surface area contributed by atoms with E-state index in [1.807, 2.05) is 0 Å². The van der Waals surface area contributed by atoms with Crippen LogP contribution in [0.1, 0.15) is 13.8 Å². The van der Waals surface area contributed by atoms with Crippen LogP contribution in [0.15, 0.2) is 0 Å². The Bertz CT molecular complexity index is 1080. The number of hydrogen-bond donors (Lipinski definition) is 11. The first-order valence-corrected chi connectivity index (χ1v) is 14.6. The fraction of sp³-hybridized carbons (Fsp3) is 0.909. The van der Waals surface area contributed by atoms with Crippen LogP contribution >= 0.6 is 0 Å². The van der Waals surface area contributed by atoms with Gasteiger partial charge >= 0.3 is 10.4 Å². The van der Waals surface area contributed by atoms with Crippen molar-refractivity contribution in [1.29, 1.82) is 0 Å². The van der Waals surface area contributed by atoms with E-state index in [1.165, 1.54) is 0 Å². The zero-order valence-corrected chi connectivity index (χ0v) is 24.1. The lowest BCUT2D eigenvalue weighted by Crippen LogP contribution is -2.70. The maximum atomic E-state index is 12.2. The van der Waals surface area contributed by atoms with Crippen LogP contribution < -0.4 is 10.6 Å². The van der Waals surface area contributed by atoms with E-state index in [0.29, 0.717) is 0 Å². The summed E-state index contributed by atoms with van der Waals surface area (Å²) in [5, 5.41) is 87.6. The third kappa shape index (κ3) is 8.75. The molecule has 3 saturated heterocycles. The molecule has 0 aromatic carbocycles. The van der Waals surface area contributed by atoms with Crippen molar-refractivity contribution in [2.75, 3.05) is 19.8 Å². The molecule has 11 N–H and O–H groups in total. The first kappa shape index (κ1) is 36.8. The topological polar surface area (TPSA) is 330 Å². The van der Waals surface area contributed by atoms with Gasteiger partial charge in [-0.15, -0.1) is 0 Å². The second-order valence-electron chi connectivity index (χ2n) is 10.3. The summed E-state index contributed by atoms with van der Waals surface area (Å²) >= 11 is 0. The molecule has 3 aliphatic rings. The van der Waals surface area contributed by atoms with E-state index in [1.54, 1.807) is 0 Å². The number of amides is 2. The van der Waals surface area contributed by atoms with Crippen LogP contribution in [0, 0.1) is 0 Å². The zero-order valence-electron chi connectivity index (χ0n) is 23.3. The summed E-state index contributed by atoms with van der Waals surface area (Å²) in [5.74, 6) is -1.46. The summed E-state index contributed by atoms with van der Waals surface area (Å²) in [6.07, 6.45) is -23.3. The summed E-state index contributed by atoms with van der Waals surface area (Å²) in [6, 6.07) is -3.08. The fourth-order valence-corrected chi connectivity index (χ4v) is 5.30. The highest BCUT2D eigenvalue weighted by molar-refractivity contribution is 7.80. The Morgan fingerprint density at radius 1 is 0.682 bits per heavy atom. The molecule has 0 aliphatic carbocycles. The van der Waals surface area contributed by atoms with E-state index in [0.717, 1.165) is 13.8 Å². The van der Waals surface area contributed by atoms with Gasteiger partial charge in [0.25, 0.3) is 0 Å². The lowest BCUT2D eigenvalue weighted by atomic mass is 9.94. The first-order chi connectivity index (χ1) is 20.5. The summed E-state index contributed by atoms with van der Waals surface area (Å²) in [5.41, 5.74) is 0. The van der Waals surface area contributed by atoms with Crippen LogP contribution in [-0.2, 0) is 47.9 Å². The van der Waals surface area contributed by atoms with E-state index >= 15 is 0 Å². The number of carbonyl (C=O) groups excluding carboxylic acids is 2. The average Bonchev–Trinajstić information content (AvgIpc) is 2.93. The Hall–Kier alpha value is -1.71. The molecule has 0 unspecified atom stereocenters. The number of hydrogen-bond acceptors (Lipinski definition) is 18. The van der Waals surface area contributed by atoms with Crippen molar-refractivity contribution < 1.29 is 91.3 Å². The van der Waals surface area contributed by atoms with Crippen molar-refractivity contribution in [2.45, 2.75) is 106 Å². The van der Waals surface area contributed by atoms with Gasteiger partial charge in [-0.3, -0.25) is 14.1 Å². The van der Waals surface area contributed by atoms with Crippen molar-refractivity contribution in [3.05, 3.63) is 0 Å². The molecule has 44 heavy (non-hydrogen) atoms. The lowest BCUT2D eigenvalue weighted by molar-refractivity contribution is -0.356. The SMILES string of the molecule is CC(=O)N[C@@H]1[C@@H](O[C@@H]2O[C@H](CO)[C@@H](O)[C@H](O[C@@H]3O[C@H](COS(=O)(=O)O)[C@H](O)[C@H](O)[C@H]3O)[C@H]2NC(C)=O)[C@@H](O)[C@@H](CO)O[C@@H]1O. The minimum absolute atomic E-state index is 0.689. The number of aliphatic hydroxyl groups is 8. The molecule has 0 aromatic rings. The lowest BCUT2D eigenvalue weighted by Gasteiger charge is -2.49. The van der Waals surface area contributed by atoms with Gasteiger partial charge in [0.2, 0.25) is 11.8 Å². The van der Waals surface area contributed by atoms with Gasteiger partial charge in [-0.2, -0.15) is 8.42 Å². The van der Waals surface area contributed by atoms with Crippen LogP contribution in [0.5, 0.6) is 0 Å². The standard InChI is InChI=1S/C22H38N2O19S/c1-6(27)23-11-18(14(30)8(3-25)39-20(11)34)42-21-12(24-7(2)28)19(15(31)9(4-26)40-21)43-22-17(33)16(32)13(29)10(41-22)5-38-44(35,36)37/h8-22,25-26,29-34H,3-5H2,1-2H3,(H,23,27)(H,24,28)(H,35,36,37)/t8-,9-,10-,11-,12-,13+,14+,15-,16+,17-,18-,19-,20+,21+,22+/m1/s1. The molecule has 15 atom stereocenters. The third-order valence-electron chi connectivity index (χ3n) is 7.10. The summed E-state index contributed by atoms with van der Waals surface area (Å²) in [7, 11) is -5.03. The Morgan fingerprint density at radius 3 is 1.68 bits per heavy atom. The monoisotopic (exact) mass is 666 g/mol. The van der Waals surface area contributed by atoms with Gasteiger partial charge in [0.1, 0.15) is 73.1 Å². The average molecular weight is 667 g/mol. The number of rotatable bonds is 11. The van der Waals surface area contributed by atoms with E-state index in [2.05, 4.69) is 14.8 Å². The molecular weight excluding hydrogens is 628 g/mol. The molecule has 3 aliphatic heterocycles. The molecule has 0 radical (unpaired) electrons. The van der Waals surface area contributed by atoms with Gasteiger partial charge in [-0.25, -0.2) is 4.18 Å². The number of nitrogens with one attached hydrogen (secondary N) is 2. The quantitative estimate of drug-likeness (QED) is 0.0912. The molecule has 0 spiro atoms. The molecule has 0 bridgehead atoms. The fourth-order valence-electron chi connectivity index (χ4n) is 5.00. The molecule has 22 heteroatoms. The second-order valence-corrected chi connectivity index (χ2v) is 11.4. The summed E-state index contributed by atoms with van der Waals surface area (Å²) < 4.78 is 62.7. The number of aliphatic hydroxyl groups excluding tert-OH is 8. The highest BCUT2D eigenvalue weighted by atomic mass is 32.3. The molecule has 0 aromatic heterocycles. The van der Waals surface area contributed by atoms with Crippen molar-refractivity contribution >= 4 is 22.2 Å². The molecular formula is C22H38N2O19S. The van der Waals surface area contributed by atoms with Crippen LogP contribution in [0.2, 0.25) is 0 Å². The van der Waals surface area contributed by atoms with E-state index < -0.39 is 134 Å². The minimum atomic E-state index is -5.03. The summed E-state index contributed by atoms with van der Waals surface area (Å²) in [6.45, 7) is -0.629. The summed E-state index contributed by atoms with van der Waals surface area (Å²) in [4.78, 5) is 24.0. The normalized spacial score (nSPS) is 43.3.